The zero-order valence-corrected chi connectivity index (χ0v) is 18.3. The molecule has 5 heteroatoms. The highest BCUT2D eigenvalue weighted by Gasteiger charge is 2.26. The molecule has 5 nitrogen and oxygen atoms in total. The van der Waals surface area contributed by atoms with Crippen molar-refractivity contribution in [2.24, 2.45) is 5.92 Å². The summed E-state index contributed by atoms with van der Waals surface area (Å²) in [5.41, 5.74) is 3.23. The SMILES string of the molecule is CCCC[C@@H](CC)C(=O)N1CCN(c2cc(C)nc(-c3ccc(C)cc3)n2)CC1. The number of aromatic nitrogens is 2. The second kappa shape index (κ2) is 9.86. The van der Waals surface area contributed by atoms with E-state index in [1.807, 2.05) is 13.0 Å². The van der Waals surface area contributed by atoms with Crippen LogP contribution in [0.25, 0.3) is 11.4 Å². The molecule has 156 valence electrons. The van der Waals surface area contributed by atoms with Crippen molar-refractivity contribution < 1.29 is 4.79 Å². The fourth-order valence-corrected chi connectivity index (χ4v) is 3.91. The summed E-state index contributed by atoms with van der Waals surface area (Å²) in [5, 5.41) is 0. The molecular weight excluding hydrogens is 360 g/mol. The highest BCUT2D eigenvalue weighted by Crippen LogP contribution is 2.23. The molecule has 1 aliphatic heterocycles. The van der Waals surface area contributed by atoms with E-state index in [2.05, 4.69) is 59.8 Å². The number of unbranched alkanes of at least 4 members (excludes halogenated alkanes) is 1. The summed E-state index contributed by atoms with van der Waals surface area (Å²) in [6.07, 6.45) is 4.22. The second-order valence-electron chi connectivity index (χ2n) is 8.12. The summed E-state index contributed by atoms with van der Waals surface area (Å²) >= 11 is 0. The van der Waals surface area contributed by atoms with Crippen molar-refractivity contribution in [2.45, 2.75) is 53.4 Å². The van der Waals surface area contributed by atoms with Crippen LogP contribution in [0.4, 0.5) is 5.82 Å². The van der Waals surface area contributed by atoms with Crippen molar-refractivity contribution in [3.63, 3.8) is 0 Å². The summed E-state index contributed by atoms with van der Waals surface area (Å²) in [6.45, 7) is 11.6. The van der Waals surface area contributed by atoms with Crippen LogP contribution in [0.1, 0.15) is 50.8 Å². The maximum absolute atomic E-state index is 12.9. The van der Waals surface area contributed by atoms with E-state index in [1.54, 1.807) is 0 Å². The van der Waals surface area contributed by atoms with E-state index in [4.69, 9.17) is 4.98 Å². The number of rotatable bonds is 7. The van der Waals surface area contributed by atoms with Crippen molar-refractivity contribution in [1.29, 1.82) is 0 Å². The van der Waals surface area contributed by atoms with Gasteiger partial charge in [0.1, 0.15) is 5.82 Å². The largest absolute Gasteiger partial charge is 0.353 e. The van der Waals surface area contributed by atoms with Crippen LogP contribution in [0.2, 0.25) is 0 Å². The number of piperazine rings is 1. The third-order valence-electron chi connectivity index (χ3n) is 5.81. The fraction of sp³-hybridized carbons (Fsp3) is 0.542. The molecule has 2 heterocycles. The zero-order valence-electron chi connectivity index (χ0n) is 18.3. The van der Waals surface area contributed by atoms with Crippen LogP contribution in [0.3, 0.4) is 0 Å². The number of amides is 1. The minimum Gasteiger partial charge on any atom is -0.353 e. The van der Waals surface area contributed by atoms with Crippen molar-refractivity contribution in [3.8, 4) is 11.4 Å². The van der Waals surface area contributed by atoms with Crippen LogP contribution in [0.5, 0.6) is 0 Å². The Bertz CT molecular complexity index is 810. The van der Waals surface area contributed by atoms with Gasteiger partial charge < -0.3 is 9.80 Å². The molecule has 1 aliphatic rings. The quantitative estimate of drug-likeness (QED) is 0.687. The molecule has 3 rings (SSSR count). The molecule has 1 saturated heterocycles. The highest BCUT2D eigenvalue weighted by atomic mass is 16.2. The minimum atomic E-state index is 0.177. The monoisotopic (exact) mass is 394 g/mol. The first kappa shape index (κ1) is 21.3. The molecule has 29 heavy (non-hydrogen) atoms. The summed E-state index contributed by atoms with van der Waals surface area (Å²) in [4.78, 5) is 26.7. The standard InChI is InChI=1S/C24H34N4O/c1-5-7-8-20(6-2)24(29)28-15-13-27(14-16-28)22-17-19(4)25-23(26-22)21-11-9-18(3)10-12-21/h9-12,17,20H,5-8,13-16H2,1-4H3/t20-/m1/s1. The van der Waals surface area contributed by atoms with Gasteiger partial charge in [-0.3, -0.25) is 4.79 Å². The lowest BCUT2D eigenvalue weighted by molar-refractivity contribution is -0.136. The lowest BCUT2D eigenvalue weighted by Gasteiger charge is -2.37. The van der Waals surface area contributed by atoms with Gasteiger partial charge in [0.2, 0.25) is 5.91 Å². The third-order valence-corrected chi connectivity index (χ3v) is 5.81. The highest BCUT2D eigenvalue weighted by molar-refractivity contribution is 5.79. The fourth-order valence-electron chi connectivity index (χ4n) is 3.91. The van der Waals surface area contributed by atoms with Crippen molar-refractivity contribution >= 4 is 11.7 Å². The van der Waals surface area contributed by atoms with E-state index < -0.39 is 0 Å². The lowest BCUT2D eigenvalue weighted by Crippen LogP contribution is -2.50. The van der Waals surface area contributed by atoms with E-state index in [0.717, 1.165) is 74.8 Å². The van der Waals surface area contributed by atoms with Gasteiger partial charge in [-0.1, -0.05) is 56.5 Å². The Balaban J connectivity index is 1.67. The van der Waals surface area contributed by atoms with E-state index in [9.17, 15) is 4.79 Å². The zero-order chi connectivity index (χ0) is 20.8. The van der Waals surface area contributed by atoms with Crippen molar-refractivity contribution in [3.05, 3.63) is 41.6 Å². The summed E-state index contributed by atoms with van der Waals surface area (Å²) in [6, 6.07) is 10.4. The molecule has 1 aromatic heterocycles. The van der Waals surface area contributed by atoms with Crippen LogP contribution in [-0.2, 0) is 4.79 Å². The second-order valence-corrected chi connectivity index (χ2v) is 8.12. The molecule has 0 N–H and O–H groups in total. The van der Waals surface area contributed by atoms with E-state index >= 15 is 0 Å². The van der Waals surface area contributed by atoms with Gasteiger partial charge >= 0.3 is 0 Å². The molecule has 1 aromatic carbocycles. The average molecular weight is 395 g/mol. The first-order valence-electron chi connectivity index (χ1n) is 11.0. The van der Waals surface area contributed by atoms with E-state index in [-0.39, 0.29) is 5.92 Å². The number of hydrogen-bond acceptors (Lipinski definition) is 4. The molecule has 2 aromatic rings. The summed E-state index contributed by atoms with van der Waals surface area (Å²) < 4.78 is 0. The van der Waals surface area contributed by atoms with E-state index in [0.29, 0.717) is 5.91 Å². The molecule has 0 bridgehead atoms. The summed E-state index contributed by atoms with van der Waals surface area (Å²) in [7, 11) is 0. The number of carbonyl (C=O) groups excluding carboxylic acids is 1. The molecule has 0 unspecified atom stereocenters. The first-order chi connectivity index (χ1) is 14.0. The molecule has 1 fully saturated rings. The molecule has 0 spiro atoms. The normalized spacial score (nSPS) is 15.4. The van der Waals surface area contributed by atoms with E-state index in [1.165, 1.54) is 5.56 Å². The van der Waals surface area contributed by atoms with Gasteiger partial charge in [0.25, 0.3) is 0 Å². The van der Waals surface area contributed by atoms with Crippen LogP contribution in [0.15, 0.2) is 30.3 Å². The van der Waals surface area contributed by atoms with Crippen LogP contribution >= 0.6 is 0 Å². The topological polar surface area (TPSA) is 49.3 Å². The van der Waals surface area contributed by atoms with Gasteiger partial charge in [0, 0.05) is 49.4 Å². The van der Waals surface area contributed by atoms with Gasteiger partial charge in [-0.05, 0) is 26.7 Å². The van der Waals surface area contributed by atoms with Gasteiger partial charge in [-0.15, -0.1) is 0 Å². The predicted molar refractivity (Wildman–Crippen MR) is 119 cm³/mol. The van der Waals surface area contributed by atoms with Crippen molar-refractivity contribution in [1.82, 2.24) is 14.9 Å². The molecule has 0 saturated carbocycles. The smallest absolute Gasteiger partial charge is 0.225 e. The first-order valence-corrected chi connectivity index (χ1v) is 11.0. The Morgan fingerprint density at radius 3 is 2.34 bits per heavy atom. The lowest BCUT2D eigenvalue weighted by atomic mass is 9.97. The molecule has 1 amide bonds. The van der Waals surface area contributed by atoms with Gasteiger partial charge in [0.15, 0.2) is 5.82 Å². The number of nitrogens with zero attached hydrogens (tertiary/aromatic N) is 4. The predicted octanol–water partition coefficient (Wildman–Crippen LogP) is 4.63. The Morgan fingerprint density at radius 2 is 1.72 bits per heavy atom. The Morgan fingerprint density at radius 1 is 1.03 bits per heavy atom. The molecular formula is C24H34N4O. The minimum absolute atomic E-state index is 0.177. The number of carbonyl (C=O) groups is 1. The van der Waals surface area contributed by atoms with Crippen LogP contribution in [-0.4, -0.2) is 47.0 Å². The van der Waals surface area contributed by atoms with Gasteiger partial charge in [-0.25, -0.2) is 9.97 Å². The molecule has 1 atom stereocenters. The van der Waals surface area contributed by atoms with Gasteiger partial charge in [0.05, 0.1) is 0 Å². The van der Waals surface area contributed by atoms with Gasteiger partial charge in [-0.2, -0.15) is 0 Å². The van der Waals surface area contributed by atoms with Crippen LogP contribution in [0, 0.1) is 19.8 Å². The Labute approximate surface area is 175 Å². The number of benzene rings is 1. The molecule has 0 aliphatic carbocycles. The maximum atomic E-state index is 12.9. The molecule has 0 radical (unpaired) electrons. The average Bonchev–Trinajstić information content (AvgIpc) is 2.74. The number of hydrogen-bond donors (Lipinski definition) is 0. The third kappa shape index (κ3) is 5.34. The summed E-state index contributed by atoms with van der Waals surface area (Å²) in [5.74, 6) is 2.23. The Kier molecular flexibility index (Phi) is 7.24. The van der Waals surface area contributed by atoms with Crippen molar-refractivity contribution in [2.75, 3.05) is 31.1 Å². The number of aryl methyl sites for hydroxylation is 2. The van der Waals surface area contributed by atoms with Crippen LogP contribution < -0.4 is 4.90 Å². The Hall–Kier alpha value is -2.43. The number of anilines is 1. The maximum Gasteiger partial charge on any atom is 0.225 e.